The van der Waals surface area contributed by atoms with Gasteiger partial charge in [0, 0.05) is 18.9 Å². The van der Waals surface area contributed by atoms with Gasteiger partial charge in [0.15, 0.2) is 0 Å². The van der Waals surface area contributed by atoms with E-state index in [0.29, 0.717) is 23.7 Å². The van der Waals surface area contributed by atoms with Gasteiger partial charge in [0.05, 0.1) is 31.7 Å². The van der Waals surface area contributed by atoms with Crippen molar-refractivity contribution in [1.82, 2.24) is 20.3 Å². The molecule has 132 valence electrons. The lowest BCUT2D eigenvalue weighted by Gasteiger charge is -2.46. The minimum atomic E-state index is -0.955. The van der Waals surface area contributed by atoms with Gasteiger partial charge in [-0.05, 0) is 32.6 Å². The van der Waals surface area contributed by atoms with Gasteiger partial charge < -0.3 is 15.3 Å². The minimum Gasteiger partial charge on any atom is -0.384 e. The number of carbonyl (C=O) groups is 1. The summed E-state index contributed by atoms with van der Waals surface area (Å²) in [4.78, 5) is 14.0. The fraction of sp³-hybridized carbons (Fsp3) is 0.824. The first-order valence-corrected chi connectivity index (χ1v) is 9.18. The quantitative estimate of drug-likeness (QED) is 0.650. The molecule has 24 heavy (non-hydrogen) atoms. The van der Waals surface area contributed by atoms with E-state index in [1.165, 1.54) is 4.90 Å². The second kappa shape index (κ2) is 5.81. The van der Waals surface area contributed by atoms with Crippen LogP contribution in [-0.2, 0) is 16.9 Å². The Labute approximate surface area is 142 Å². The van der Waals surface area contributed by atoms with Gasteiger partial charge in [0.1, 0.15) is 17.3 Å². The van der Waals surface area contributed by atoms with E-state index < -0.39 is 5.60 Å². The highest BCUT2D eigenvalue weighted by molar-refractivity contribution is 5.79. The average Bonchev–Trinajstić information content (AvgIpc) is 3.21. The van der Waals surface area contributed by atoms with Crippen LogP contribution >= 0.6 is 0 Å². The number of aromatic nitrogens is 3. The highest BCUT2D eigenvalue weighted by Crippen LogP contribution is 2.29. The molecule has 1 aromatic heterocycles. The van der Waals surface area contributed by atoms with Crippen LogP contribution in [0.1, 0.15) is 45.2 Å². The molecule has 1 amide bonds. The number of carbonyl (C=O) groups excluding carboxylic acids is 1. The molecule has 0 spiro atoms. The second-order valence-corrected chi connectivity index (χ2v) is 8.37. The van der Waals surface area contributed by atoms with Crippen molar-refractivity contribution in [3.05, 3.63) is 11.9 Å². The lowest BCUT2D eigenvalue weighted by molar-refractivity contribution is -0.945. The summed E-state index contributed by atoms with van der Waals surface area (Å²) in [6.07, 6.45) is 6.38. The Morgan fingerprint density at radius 3 is 2.83 bits per heavy atom. The normalized spacial score (nSPS) is 32.8. The van der Waals surface area contributed by atoms with Gasteiger partial charge in [-0.15, -0.1) is 5.10 Å². The molecule has 2 bridgehead atoms. The Morgan fingerprint density at radius 2 is 2.25 bits per heavy atom. The number of aliphatic hydroxyl groups is 1. The molecule has 4 aliphatic rings. The molecule has 3 N–H and O–H groups in total. The number of hydrogen-bond donors (Lipinski definition) is 3. The monoisotopic (exact) mass is 334 g/mol. The molecule has 3 aliphatic heterocycles. The molecule has 1 aliphatic carbocycles. The summed E-state index contributed by atoms with van der Waals surface area (Å²) in [7, 11) is 0. The van der Waals surface area contributed by atoms with E-state index in [-0.39, 0.29) is 11.8 Å². The molecule has 7 heteroatoms. The maximum absolute atomic E-state index is 12.4. The van der Waals surface area contributed by atoms with Gasteiger partial charge in [-0.1, -0.05) is 5.21 Å². The Kier molecular flexibility index (Phi) is 3.88. The topological polar surface area (TPSA) is 84.5 Å². The molecular formula is C17H28N5O2+. The van der Waals surface area contributed by atoms with Gasteiger partial charge in [0.25, 0.3) is 0 Å². The zero-order chi connectivity index (χ0) is 16.9. The molecule has 5 rings (SSSR count). The SMILES string of the molecule is CC(C)(O)c1cn(C[C@H]2C[C@H]3CC[NH+]2C[C@@H]3C(=O)NC2CC2)nn1. The van der Waals surface area contributed by atoms with E-state index in [9.17, 15) is 9.90 Å². The van der Waals surface area contributed by atoms with Crippen LogP contribution in [0.2, 0.25) is 0 Å². The Hall–Kier alpha value is -1.47. The van der Waals surface area contributed by atoms with Crippen molar-refractivity contribution in [1.29, 1.82) is 0 Å². The maximum Gasteiger partial charge on any atom is 0.229 e. The van der Waals surface area contributed by atoms with Gasteiger partial charge >= 0.3 is 0 Å². The number of amides is 1. The highest BCUT2D eigenvalue weighted by atomic mass is 16.3. The zero-order valence-corrected chi connectivity index (χ0v) is 14.5. The average molecular weight is 334 g/mol. The summed E-state index contributed by atoms with van der Waals surface area (Å²) < 4.78 is 1.85. The fourth-order valence-corrected chi connectivity index (χ4v) is 4.25. The smallest absolute Gasteiger partial charge is 0.229 e. The van der Waals surface area contributed by atoms with Crippen molar-refractivity contribution in [2.45, 2.75) is 63.8 Å². The Morgan fingerprint density at radius 1 is 1.46 bits per heavy atom. The third-order valence-electron chi connectivity index (χ3n) is 5.89. The predicted octanol–water partition coefficient (Wildman–Crippen LogP) is -0.923. The van der Waals surface area contributed by atoms with E-state index in [1.807, 2.05) is 10.9 Å². The number of fused-ring (bicyclic) bond motifs is 3. The van der Waals surface area contributed by atoms with Gasteiger partial charge in [-0.3, -0.25) is 4.79 Å². The van der Waals surface area contributed by atoms with Crippen LogP contribution in [0.25, 0.3) is 0 Å². The summed E-state index contributed by atoms with van der Waals surface area (Å²) in [5, 5.41) is 21.5. The third-order valence-corrected chi connectivity index (χ3v) is 5.89. The standard InChI is InChI=1S/C17H27N5O2/c1-17(2,24)15-10-22(20-19-15)8-13-7-11-5-6-21(13)9-14(11)16(23)18-12-3-4-12/h10-14,24H,3-9H2,1-2H3,(H,18,23)/p+1/t11-,13-,14+/m1/s1. The van der Waals surface area contributed by atoms with Crippen LogP contribution in [0.5, 0.6) is 0 Å². The third kappa shape index (κ3) is 3.19. The molecule has 1 unspecified atom stereocenters. The molecule has 4 atom stereocenters. The summed E-state index contributed by atoms with van der Waals surface area (Å²) >= 11 is 0. The first-order valence-electron chi connectivity index (χ1n) is 9.18. The molecule has 0 radical (unpaired) electrons. The van der Waals surface area contributed by atoms with Crippen LogP contribution in [-0.4, -0.2) is 51.2 Å². The van der Waals surface area contributed by atoms with E-state index in [0.717, 1.165) is 45.3 Å². The summed E-state index contributed by atoms with van der Waals surface area (Å²) in [5.74, 6) is 0.972. The number of piperidine rings is 3. The summed E-state index contributed by atoms with van der Waals surface area (Å²) in [5.41, 5.74) is -0.349. The molecule has 4 heterocycles. The lowest BCUT2D eigenvalue weighted by Crippen LogP contribution is -3.20. The van der Waals surface area contributed by atoms with Gasteiger partial charge in [-0.2, -0.15) is 0 Å². The largest absolute Gasteiger partial charge is 0.384 e. The van der Waals surface area contributed by atoms with Crippen molar-refractivity contribution in [3.63, 3.8) is 0 Å². The molecule has 0 aromatic carbocycles. The van der Waals surface area contributed by atoms with Crippen molar-refractivity contribution in [2.24, 2.45) is 11.8 Å². The first kappa shape index (κ1) is 16.0. The minimum absolute atomic E-state index is 0.188. The van der Waals surface area contributed by atoms with Crippen LogP contribution in [0.3, 0.4) is 0 Å². The summed E-state index contributed by atoms with van der Waals surface area (Å²) in [6.45, 7) is 6.35. The van der Waals surface area contributed by atoms with Crippen molar-refractivity contribution >= 4 is 5.91 Å². The van der Waals surface area contributed by atoms with E-state index in [4.69, 9.17) is 0 Å². The van der Waals surface area contributed by atoms with Crippen LogP contribution in [0.15, 0.2) is 6.20 Å². The number of nitrogens with zero attached hydrogens (tertiary/aromatic N) is 3. The Bertz CT molecular complexity index is 619. The molecule has 1 aromatic rings. The Balaban J connectivity index is 1.38. The van der Waals surface area contributed by atoms with Crippen LogP contribution < -0.4 is 10.2 Å². The maximum atomic E-state index is 12.4. The number of quaternary nitrogens is 1. The molecule has 1 saturated carbocycles. The molecule has 7 nitrogen and oxygen atoms in total. The van der Waals surface area contributed by atoms with E-state index in [1.54, 1.807) is 13.8 Å². The van der Waals surface area contributed by atoms with Crippen molar-refractivity contribution < 1.29 is 14.8 Å². The summed E-state index contributed by atoms with van der Waals surface area (Å²) in [6, 6.07) is 0.944. The molecule has 4 fully saturated rings. The lowest BCUT2D eigenvalue weighted by atomic mass is 9.75. The number of hydrogen-bond acceptors (Lipinski definition) is 4. The second-order valence-electron chi connectivity index (χ2n) is 8.37. The van der Waals surface area contributed by atoms with E-state index in [2.05, 4.69) is 15.6 Å². The highest BCUT2D eigenvalue weighted by Gasteiger charge is 2.47. The van der Waals surface area contributed by atoms with Crippen LogP contribution in [0, 0.1) is 11.8 Å². The first-order chi connectivity index (χ1) is 11.4. The van der Waals surface area contributed by atoms with Crippen molar-refractivity contribution in [2.75, 3.05) is 13.1 Å². The fourth-order valence-electron chi connectivity index (χ4n) is 4.25. The molecule has 3 saturated heterocycles. The van der Waals surface area contributed by atoms with Crippen molar-refractivity contribution in [3.8, 4) is 0 Å². The number of rotatable bonds is 5. The predicted molar refractivity (Wildman–Crippen MR) is 87.1 cm³/mol. The molecular weight excluding hydrogens is 306 g/mol. The van der Waals surface area contributed by atoms with Gasteiger partial charge in [-0.25, -0.2) is 4.68 Å². The van der Waals surface area contributed by atoms with E-state index >= 15 is 0 Å². The zero-order valence-electron chi connectivity index (χ0n) is 14.5. The van der Waals surface area contributed by atoms with Gasteiger partial charge in [0.2, 0.25) is 5.91 Å². The van der Waals surface area contributed by atoms with Crippen LogP contribution in [0.4, 0.5) is 0 Å². The number of nitrogens with one attached hydrogen (secondary N) is 2.